The van der Waals surface area contributed by atoms with Crippen molar-refractivity contribution in [3.8, 4) is 0 Å². The minimum atomic E-state index is -0.0892. The fraction of sp³-hybridized carbons (Fsp3) is 0.143. The molecule has 4 nitrogen and oxygen atoms in total. The molecule has 1 aliphatic rings. The summed E-state index contributed by atoms with van der Waals surface area (Å²) >= 11 is 0. The SMILES string of the molecule is O=c1[nH]ccc2c1NCN=C2. The first-order valence-electron chi connectivity index (χ1n) is 3.33. The Kier molecular flexibility index (Phi) is 1.25. The standard InChI is InChI=1S/C7H7N3O/c11-7-6-5(1-2-9-7)3-8-4-10-6/h1-3,10H,4H2,(H,9,11). The van der Waals surface area contributed by atoms with Crippen molar-refractivity contribution in [2.75, 3.05) is 12.0 Å². The molecule has 1 aromatic rings. The van der Waals surface area contributed by atoms with Gasteiger partial charge in [-0.05, 0) is 6.07 Å². The highest BCUT2D eigenvalue weighted by atomic mass is 16.1. The first kappa shape index (κ1) is 6.15. The van der Waals surface area contributed by atoms with Crippen molar-refractivity contribution in [2.24, 2.45) is 4.99 Å². The second-order valence-corrected chi connectivity index (χ2v) is 2.28. The second-order valence-electron chi connectivity index (χ2n) is 2.28. The molecule has 0 fully saturated rings. The Morgan fingerprint density at radius 3 is 3.27 bits per heavy atom. The van der Waals surface area contributed by atoms with Gasteiger partial charge in [0.05, 0.1) is 0 Å². The van der Waals surface area contributed by atoms with Crippen LogP contribution in [0.1, 0.15) is 5.56 Å². The van der Waals surface area contributed by atoms with E-state index < -0.39 is 0 Å². The lowest BCUT2D eigenvalue weighted by atomic mass is 10.2. The van der Waals surface area contributed by atoms with Gasteiger partial charge in [-0.1, -0.05) is 0 Å². The van der Waals surface area contributed by atoms with Crippen LogP contribution in [0.3, 0.4) is 0 Å². The summed E-state index contributed by atoms with van der Waals surface area (Å²) in [4.78, 5) is 17.6. The smallest absolute Gasteiger partial charge is 0.272 e. The molecule has 0 unspecified atom stereocenters. The molecule has 0 atom stereocenters. The first-order chi connectivity index (χ1) is 5.38. The van der Waals surface area contributed by atoms with E-state index in [1.807, 2.05) is 6.07 Å². The summed E-state index contributed by atoms with van der Waals surface area (Å²) in [6.07, 6.45) is 3.31. The topological polar surface area (TPSA) is 57.2 Å². The Balaban J connectivity index is 2.69. The summed E-state index contributed by atoms with van der Waals surface area (Å²) < 4.78 is 0. The van der Waals surface area contributed by atoms with E-state index in [1.165, 1.54) is 0 Å². The Hall–Kier alpha value is -1.58. The number of fused-ring (bicyclic) bond motifs is 1. The lowest BCUT2D eigenvalue weighted by Gasteiger charge is -2.09. The zero-order valence-corrected chi connectivity index (χ0v) is 5.79. The normalized spacial score (nSPS) is 13.8. The molecule has 2 rings (SSSR count). The number of pyridine rings is 1. The predicted molar refractivity (Wildman–Crippen MR) is 43.1 cm³/mol. The van der Waals surface area contributed by atoms with Crippen LogP contribution >= 0.6 is 0 Å². The highest BCUT2D eigenvalue weighted by molar-refractivity contribution is 5.88. The number of nitrogens with zero attached hydrogens (tertiary/aromatic N) is 1. The molecule has 1 aliphatic heterocycles. The highest BCUT2D eigenvalue weighted by Gasteiger charge is 2.06. The Bertz CT molecular complexity index is 353. The summed E-state index contributed by atoms with van der Waals surface area (Å²) in [6, 6.07) is 1.81. The van der Waals surface area contributed by atoms with Crippen LogP contribution in [0.5, 0.6) is 0 Å². The molecule has 0 aromatic carbocycles. The van der Waals surface area contributed by atoms with Crippen LogP contribution < -0.4 is 10.9 Å². The van der Waals surface area contributed by atoms with Crippen molar-refractivity contribution >= 4 is 11.9 Å². The van der Waals surface area contributed by atoms with E-state index in [4.69, 9.17) is 0 Å². The van der Waals surface area contributed by atoms with Crippen molar-refractivity contribution in [1.82, 2.24) is 4.98 Å². The van der Waals surface area contributed by atoms with Crippen LogP contribution in [0.4, 0.5) is 5.69 Å². The Morgan fingerprint density at radius 2 is 2.45 bits per heavy atom. The predicted octanol–water partition coefficient (Wildman–Crippen LogP) is 0.177. The van der Waals surface area contributed by atoms with Gasteiger partial charge >= 0.3 is 0 Å². The van der Waals surface area contributed by atoms with E-state index in [0.717, 1.165) is 5.56 Å². The molecule has 0 aliphatic carbocycles. The van der Waals surface area contributed by atoms with E-state index in [2.05, 4.69) is 15.3 Å². The van der Waals surface area contributed by atoms with Crippen molar-refractivity contribution < 1.29 is 0 Å². The number of rotatable bonds is 0. The molecule has 0 amide bonds. The summed E-state index contributed by atoms with van der Waals surface area (Å²) in [6.45, 7) is 0.486. The minimum absolute atomic E-state index is 0.0892. The average molecular weight is 149 g/mol. The Morgan fingerprint density at radius 1 is 1.55 bits per heavy atom. The third kappa shape index (κ3) is 0.920. The van der Waals surface area contributed by atoms with E-state index in [9.17, 15) is 4.79 Å². The molecule has 4 heteroatoms. The molecule has 0 radical (unpaired) electrons. The summed E-state index contributed by atoms with van der Waals surface area (Å²) in [5, 5.41) is 2.89. The summed E-state index contributed by atoms with van der Waals surface area (Å²) in [5.41, 5.74) is 1.37. The molecular weight excluding hydrogens is 142 g/mol. The van der Waals surface area contributed by atoms with Gasteiger partial charge in [0.2, 0.25) is 0 Å². The molecular formula is C7H7N3O. The molecule has 11 heavy (non-hydrogen) atoms. The van der Waals surface area contributed by atoms with Crippen LogP contribution in [0.25, 0.3) is 0 Å². The molecule has 0 bridgehead atoms. The van der Waals surface area contributed by atoms with Crippen LogP contribution in [-0.4, -0.2) is 17.9 Å². The van der Waals surface area contributed by atoms with Crippen LogP contribution in [-0.2, 0) is 0 Å². The highest BCUT2D eigenvalue weighted by Crippen LogP contribution is 2.08. The van der Waals surface area contributed by atoms with Crippen LogP contribution in [0.15, 0.2) is 22.1 Å². The number of H-pyrrole nitrogens is 1. The summed E-state index contributed by atoms with van der Waals surface area (Å²) in [5.74, 6) is 0. The lowest BCUT2D eigenvalue weighted by molar-refractivity contribution is 1.09. The number of nitrogens with one attached hydrogen (secondary N) is 2. The van der Waals surface area contributed by atoms with Crippen molar-refractivity contribution in [2.45, 2.75) is 0 Å². The van der Waals surface area contributed by atoms with Gasteiger partial charge in [-0.3, -0.25) is 9.79 Å². The minimum Gasteiger partial charge on any atom is -0.361 e. The molecule has 0 saturated carbocycles. The second kappa shape index (κ2) is 2.23. The van der Waals surface area contributed by atoms with Gasteiger partial charge in [0.15, 0.2) is 0 Å². The third-order valence-electron chi connectivity index (χ3n) is 1.57. The molecule has 2 heterocycles. The maximum absolute atomic E-state index is 11.1. The average Bonchev–Trinajstić information content (AvgIpc) is 2.06. The zero-order valence-electron chi connectivity index (χ0n) is 5.79. The van der Waals surface area contributed by atoms with Gasteiger partial charge in [-0.25, -0.2) is 0 Å². The third-order valence-corrected chi connectivity index (χ3v) is 1.57. The fourth-order valence-corrected chi connectivity index (χ4v) is 1.05. The molecule has 2 N–H and O–H groups in total. The zero-order chi connectivity index (χ0) is 7.68. The monoisotopic (exact) mass is 149 g/mol. The van der Waals surface area contributed by atoms with Gasteiger partial charge in [0, 0.05) is 18.0 Å². The van der Waals surface area contributed by atoms with E-state index in [-0.39, 0.29) is 5.56 Å². The number of aliphatic imine (C=N–C) groups is 1. The lowest BCUT2D eigenvalue weighted by Crippen LogP contribution is -2.19. The molecule has 56 valence electrons. The number of hydrogen-bond donors (Lipinski definition) is 2. The van der Waals surface area contributed by atoms with Gasteiger partial charge in [-0.2, -0.15) is 0 Å². The number of anilines is 1. The van der Waals surface area contributed by atoms with Crippen LogP contribution in [0, 0.1) is 0 Å². The fourth-order valence-electron chi connectivity index (χ4n) is 1.05. The van der Waals surface area contributed by atoms with Gasteiger partial charge in [0.25, 0.3) is 5.56 Å². The number of aromatic amines is 1. The van der Waals surface area contributed by atoms with E-state index >= 15 is 0 Å². The van der Waals surface area contributed by atoms with Gasteiger partial charge in [-0.15, -0.1) is 0 Å². The number of hydrogen-bond acceptors (Lipinski definition) is 3. The number of aromatic nitrogens is 1. The van der Waals surface area contributed by atoms with E-state index in [1.54, 1.807) is 12.4 Å². The van der Waals surface area contributed by atoms with Crippen molar-refractivity contribution in [3.05, 3.63) is 28.2 Å². The van der Waals surface area contributed by atoms with Crippen molar-refractivity contribution in [1.29, 1.82) is 0 Å². The first-order valence-corrected chi connectivity index (χ1v) is 3.33. The van der Waals surface area contributed by atoms with E-state index in [0.29, 0.717) is 12.4 Å². The maximum Gasteiger partial charge on any atom is 0.272 e. The molecule has 0 saturated heterocycles. The molecule has 0 spiro atoms. The van der Waals surface area contributed by atoms with Crippen LogP contribution in [0.2, 0.25) is 0 Å². The largest absolute Gasteiger partial charge is 0.361 e. The molecule has 1 aromatic heterocycles. The maximum atomic E-state index is 11.1. The van der Waals surface area contributed by atoms with Crippen molar-refractivity contribution in [3.63, 3.8) is 0 Å². The quantitative estimate of drug-likeness (QED) is 0.552. The Labute approximate surface area is 63.0 Å². The summed E-state index contributed by atoms with van der Waals surface area (Å²) in [7, 11) is 0. The van der Waals surface area contributed by atoms with Gasteiger partial charge in [0.1, 0.15) is 12.4 Å². The van der Waals surface area contributed by atoms with Gasteiger partial charge < -0.3 is 10.3 Å².